The largest absolute Gasteiger partial charge is 0.481 e. The Morgan fingerprint density at radius 2 is 1.73 bits per heavy atom. The number of aliphatic carboxylic acids is 1. The Morgan fingerprint density at radius 3 is 2.35 bits per heavy atom. The standard InChI is InChI=1S/C26H28F3N3O5/c1-2-3-5-21(30-20-14-10-17(11-15-20)22(33)6-4-7-23(34)35)16-36-25-32-31-24(37-25)18-8-12-19(13-9-18)26(27,28)29/h8-15,21,30H,2-7,16H2,1H3,(H,34,35)/t21-/m0/s1. The Labute approximate surface area is 211 Å². The van der Waals surface area contributed by atoms with Crippen LogP contribution in [0.2, 0.25) is 0 Å². The van der Waals surface area contributed by atoms with Gasteiger partial charge in [0.15, 0.2) is 5.78 Å². The van der Waals surface area contributed by atoms with E-state index in [0.29, 0.717) is 17.5 Å². The number of carbonyl (C=O) groups excluding carboxylic acids is 1. The van der Waals surface area contributed by atoms with Crippen molar-refractivity contribution in [2.24, 2.45) is 0 Å². The van der Waals surface area contributed by atoms with E-state index in [1.165, 1.54) is 12.1 Å². The minimum absolute atomic E-state index is 0.0453. The summed E-state index contributed by atoms with van der Waals surface area (Å²) in [6, 6.07) is 11.2. The summed E-state index contributed by atoms with van der Waals surface area (Å²) in [5, 5.41) is 19.7. The average Bonchev–Trinajstić information content (AvgIpc) is 3.34. The average molecular weight is 520 g/mol. The molecule has 1 atom stereocenters. The first-order valence-electron chi connectivity index (χ1n) is 11.9. The normalized spacial score (nSPS) is 12.2. The lowest BCUT2D eigenvalue weighted by atomic mass is 10.0. The van der Waals surface area contributed by atoms with E-state index in [2.05, 4.69) is 22.4 Å². The zero-order valence-electron chi connectivity index (χ0n) is 20.3. The van der Waals surface area contributed by atoms with Gasteiger partial charge in [-0.3, -0.25) is 9.59 Å². The van der Waals surface area contributed by atoms with Crippen LogP contribution in [0.1, 0.15) is 61.4 Å². The van der Waals surface area contributed by atoms with Crippen LogP contribution in [0, 0.1) is 0 Å². The van der Waals surface area contributed by atoms with Gasteiger partial charge in [-0.05, 0) is 61.4 Å². The molecule has 0 unspecified atom stereocenters. The van der Waals surface area contributed by atoms with Crippen LogP contribution < -0.4 is 10.1 Å². The Kier molecular flexibility index (Phi) is 9.64. The maximum atomic E-state index is 12.8. The predicted octanol–water partition coefficient (Wildman–Crippen LogP) is 6.24. The Hall–Kier alpha value is -3.89. The molecule has 0 radical (unpaired) electrons. The minimum atomic E-state index is -4.43. The fourth-order valence-electron chi connectivity index (χ4n) is 3.54. The highest BCUT2D eigenvalue weighted by Crippen LogP contribution is 2.31. The molecule has 0 fully saturated rings. The molecule has 37 heavy (non-hydrogen) atoms. The monoisotopic (exact) mass is 519 g/mol. The quantitative estimate of drug-likeness (QED) is 0.241. The van der Waals surface area contributed by atoms with E-state index < -0.39 is 17.7 Å². The first kappa shape index (κ1) is 27.7. The van der Waals surface area contributed by atoms with Crippen molar-refractivity contribution in [3.8, 4) is 17.5 Å². The minimum Gasteiger partial charge on any atom is -0.481 e. The van der Waals surface area contributed by atoms with Crippen molar-refractivity contribution in [1.82, 2.24) is 10.2 Å². The number of rotatable bonds is 14. The molecular weight excluding hydrogens is 491 g/mol. The maximum absolute atomic E-state index is 12.8. The Bertz CT molecular complexity index is 1160. The van der Waals surface area contributed by atoms with Crippen molar-refractivity contribution in [3.05, 3.63) is 59.7 Å². The summed E-state index contributed by atoms with van der Waals surface area (Å²) >= 11 is 0. The lowest BCUT2D eigenvalue weighted by Gasteiger charge is -2.19. The van der Waals surface area contributed by atoms with Crippen molar-refractivity contribution >= 4 is 17.4 Å². The van der Waals surface area contributed by atoms with E-state index in [1.54, 1.807) is 24.3 Å². The molecule has 0 saturated carbocycles. The second-order valence-electron chi connectivity index (χ2n) is 8.49. The molecule has 3 rings (SSSR count). The molecule has 11 heteroatoms. The van der Waals surface area contributed by atoms with Crippen LogP contribution in [0.5, 0.6) is 6.08 Å². The second-order valence-corrected chi connectivity index (χ2v) is 8.49. The van der Waals surface area contributed by atoms with Gasteiger partial charge in [0.2, 0.25) is 0 Å². The topological polar surface area (TPSA) is 115 Å². The number of hydrogen-bond donors (Lipinski definition) is 2. The van der Waals surface area contributed by atoms with Crippen molar-refractivity contribution < 1.29 is 37.0 Å². The first-order chi connectivity index (χ1) is 17.7. The van der Waals surface area contributed by atoms with E-state index in [9.17, 15) is 22.8 Å². The number of hydrogen-bond acceptors (Lipinski definition) is 7. The van der Waals surface area contributed by atoms with E-state index in [4.69, 9.17) is 14.3 Å². The number of halogens is 3. The van der Waals surface area contributed by atoms with Gasteiger partial charge in [-0.25, -0.2) is 0 Å². The highest BCUT2D eigenvalue weighted by Gasteiger charge is 2.30. The fraction of sp³-hybridized carbons (Fsp3) is 0.385. The fourth-order valence-corrected chi connectivity index (χ4v) is 3.54. The molecule has 0 saturated heterocycles. The molecule has 8 nitrogen and oxygen atoms in total. The summed E-state index contributed by atoms with van der Waals surface area (Å²) in [4.78, 5) is 22.8. The van der Waals surface area contributed by atoms with Crippen LogP contribution in [0.15, 0.2) is 52.9 Å². The zero-order valence-corrected chi connectivity index (χ0v) is 20.3. The second kappa shape index (κ2) is 12.9. The molecule has 2 N–H and O–H groups in total. The highest BCUT2D eigenvalue weighted by atomic mass is 19.4. The van der Waals surface area contributed by atoms with E-state index >= 15 is 0 Å². The van der Waals surface area contributed by atoms with Gasteiger partial charge in [0.25, 0.3) is 5.89 Å². The van der Waals surface area contributed by atoms with E-state index in [-0.39, 0.29) is 43.2 Å². The number of aromatic nitrogens is 2. The van der Waals surface area contributed by atoms with Crippen molar-refractivity contribution in [2.45, 2.75) is 57.7 Å². The highest BCUT2D eigenvalue weighted by molar-refractivity contribution is 5.96. The van der Waals surface area contributed by atoms with Crippen molar-refractivity contribution in [3.63, 3.8) is 0 Å². The predicted molar refractivity (Wildman–Crippen MR) is 129 cm³/mol. The lowest BCUT2D eigenvalue weighted by Crippen LogP contribution is -2.27. The van der Waals surface area contributed by atoms with Gasteiger partial charge >= 0.3 is 18.2 Å². The number of benzene rings is 2. The van der Waals surface area contributed by atoms with E-state index in [1.807, 2.05) is 0 Å². The molecule has 0 aliphatic rings. The molecule has 1 heterocycles. The summed E-state index contributed by atoms with van der Waals surface area (Å²) in [6.45, 7) is 2.27. The van der Waals surface area contributed by atoms with Crippen LogP contribution in [-0.4, -0.2) is 39.7 Å². The Balaban J connectivity index is 1.57. The van der Waals surface area contributed by atoms with Crippen LogP contribution in [0.3, 0.4) is 0 Å². The summed E-state index contributed by atoms with van der Waals surface area (Å²) in [6.07, 6.45) is -1.42. The smallest absolute Gasteiger partial charge is 0.416 e. The number of carboxylic acids is 1. The third-order valence-corrected chi connectivity index (χ3v) is 5.55. The van der Waals surface area contributed by atoms with Gasteiger partial charge in [0.05, 0.1) is 11.6 Å². The maximum Gasteiger partial charge on any atom is 0.416 e. The molecule has 0 aliphatic carbocycles. The lowest BCUT2D eigenvalue weighted by molar-refractivity contribution is -0.138. The number of carbonyl (C=O) groups is 2. The third kappa shape index (κ3) is 8.62. The molecule has 3 aromatic rings. The molecule has 0 bridgehead atoms. The summed E-state index contributed by atoms with van der Waals surface area (Å²) < 4.78 is 49.4. The summed E-state index contributed by atoms with van der Waals surface area (Å²) in [7, 11) is 0. The number of unbranched alkanes of at least 4 members (excludes halogenated alkanes) is 1. The third-order valence-electron chi connectivity index (χ3n) is 5.55. The van der Waals surface area contributed by atoms with Gasteiger partial charge < -0.3 is 19.6 Å². The number of carboxylic acid groups (broad SMARTS) is 1. The van der Waals surface area contributed by atoms with Gasteiger partial charge in [0.1, 0.15) is 6.61 Å². The van der Waals surface area contributed by atoms with Crippen molar-refractivity contribution in [1.29, 1.82) is 0 Å². The SMILES string of the molecule is CCCC[C@@H](COc1nnc(-c2ccc(C(F)(F)F)cc2)o1)Nc1ccc(C(=O)CCCC(=O)O)cc1. The number of anilines is 1. The molecule has 0 aliphatic heterocycles. The van der Waals surface area contributed by atoms with Crippen LogP contribution >= 0.6 is 0 Å². The van der Waals surface area contributed by atoms with Gasteiger partial charge in [-0.2, -0.15) is 13.2 Å². The van der Waals surface area contributed by atoms with E-state index in [0.717, 1.165) is 37.1 Å². The number of ether oxygens (including phenoxy) is 1. The number of Topliss-reactive ketones (excluding diaryl/α,β-unsaturated/α-hetero) is 1. The van der Waals surface area contributed by atoms with Gasteiger partial charge in [0, 0.05) is 29.7 Å². The molecule has 198 valence electrons. The summed E-state index contributed by atoms with van der Waals surface area (Å²) in [5.74, 6) is -0.992. The number of nitrogens with zero attached hydrogens (tertiary/aromatic N) is 2. The molecule has 0 amide bonds. The Morgan fingerprint density at radius 1 is 1.03 bits per heavy atom. The van der Waals surface area contributed by atoms with Crippen LogP contribution in [-0.2, 0) is 11.0 Å². The molecular formula is C26H28F3N3O5. The first-order valence-corrected chi connectivity index (χ1v) is 11.9. The van der Waals surface area contributed by atoms with Gasteiger partial charge in [-0.15, -0.1) is 5.10 Å². The molecule has 2 aromatic carbocycles. The molecule has 1 aromatic heterocycles. The number of ketones is 1. The van der Waals surface area contributed by atoms with Crippen molar-refractivity contribution in [2.75, 3.05) is 11.9 Å². The van der Waals surface area contributed by atoms with Crippen LogP contribution in [0.25, 0.3) is 11.5 Å². The number of nitrogens with one attached hydrogen (secondary N) is 1. The van der Waals surface area contributed by atoms with Gasteiger partial charge in [-0.1, -0.05) is 24.9 Å². The zero-order chi connectivity index (χ0) is 26.8. The number of alkyl halides is 3. The van der Waals surface area contributed by atoms with Crippen LogP contribution in [0.4, 0.5) is 18.9 Å². The summed E-state index contributed by atoms with van der Waals surface area (Å²) in [5.41, 5.74) is 0.864. The molecule has 0 spiro atoms.